The van der Waals surface area contributed by atoms with Crippen LogP contribution >= 0.6 is 11.6 Å². The number of carboxylic acids is 2. The smallest absolute Gasteiger partial charge is 0.307 e. The zero-order chi connectivity index (χ0) is 26.2. The largest absolute Gasteiger partial charge is 0.481 e. The van der Waals surface area contributed by atoms with Gasteiger partial charge in [-0.1, -0.05) is 66.2 Å². The SMILES string of the molecule is CC(NC(=O)CC(CC(=O)O)C(=O)O)C(Cc1ccc(Cl)cc1)c1ccc(-c2ccccc2)c(F)c1. The number of carbonyl (C=O) groups is 3. The molecule has 3 aromatic carbocycles. The van der Waals surface area contributed by atoms with Crippen molar-refractivity contribution in [3.63, 3.8) is 0 Å². The van der Waals surface area contributed by atoms with Crippen LogP contribution in [0.25, 0.3) is 11.1 Å². The topological polar surface area (TPSA) is 104 Å². The van der Waals surface area contributed by atoms with Gasteiger partial charge in [0.1, 0.15) is 5.82 Å². The number of amides is 1. The van der Waals surface area contributed by atoms with Crippen LogP contribution in [0.2, 0.25) is 5.02 Å². The van der Waals surface area contributed by atoms with E-state index in [9.17, 15) is 19.5 Å². The number of nitrogens with one attached hydrogen (secondary N) is 1. The Hall–Kier alpha value is -3.71. The van der Waals surface area contributed by atoms with Gasteiger partial charge >= 0.3 is 11.9 Å². The average Bonchev–Trinajstić information content (AvgIpc) is 2.83. The summed E-state index contributed by atoms with van der Waals surface area (Å²) in [5, 5.41) is 21.6. The van der Waals surface area contributed by atoms with E-state index in [-0.39, 0.29) is 5.92 Å². The number of benzene rings is 3. The van der Waals surface area contributed by atoms with Crippen molar-refractivity contribution in [2.45, 2.75) is 38.1 Å². The third-order valence-corrected chi connectivity index (χ3v) is 6.32. The van der Waals surface area contributed by atoms with Crippen molar-refractivity contribution in [2.24, 2.45) is 5.92 Å². The third kappa shape index (κ3) is 7.39. The van der Waals surface area contributed by atoms with Crippen molar-refractivity contribution >= 4 is 29.4 Å². The number of halogens is 2. The highest BCUT2D eigenvalue weighted by Crippen LogP contribution is 2.30. The molecule has 0 saturated carbocycles. The highest BCUT2D eigenvalue weighted by Gasteiger charge is 2.27. The summed E-state index contributed by atoms with van der Waals surface area (Å²) < 4.78 is 15.2. The summed E-state index contributed by atoms with van der Waals surface area (Å²) in [5.41, 5.74) is 2.79. The first-order valence-corrected chi connectivity index (χ1v) is 11.8. The van der Waals surface area contributed by atoms with Crippen molar-refractivity contribution in [2.75, 3.05) is 0 Å². The van der Waals surface area contributed by atoms with E-state index in [0.717, 1.165) is 11.1 Å². The van der Waals surface area contributed by atoms with Crippen molar-refractivity contribution < 1.29 is 29.0 Å². The molecule has 1 amide bonds. The molecule has 0 spiro atoms. The number of hydrogen-bond acceptors (Lipinski definition) is 3. The maximum absolute atomic E-state index is 15.2. The lowest BCUT2D eigenvalue weighted by atomic mass is 9.85. The van der Waals surface area contributed by atoms with E-state index in [1.807, 2.05) is 48.5 Å². The van der Waals surface area contributed by atoms with Crippen LogP contribution in [-0.2, 0) is 20.8 Å². The molecule has 3 unspecified atom stereocenters. The van der Waals surface area contributed by atoms with Crippen LogP contribution in [0.5, 0.6) is 0 Å². The fourth-order valence-corrected chi connectivity index (χ4v) is 4.29. The zero-order valence-electron chi connectivity index (χ0n) is 19.7. The molecule has 0 aromatic heterocycles. The Bertz CT molecular complexity index is 1220. The molecule has 0 bridgehead atoms. The van der Waals surface area contributed by atoms with Gasteiger partial charge in [-0.3, -0.25) is 14.4 Å². The van der Waals surface area contributed by atoms with E-state index in [0.29, 0.717) is 22.6 Å². The lowest BCUT2D eigenvalue weighted by molar-refractivity contribution is -0.149. The second-order valence-corrected chi connectivity index (χ2v) is 9.17. The second-order valence-electron chi connectivity index (χ2n) is 8.74. The molecule has 0 aliphatic carbocycles. The molecule has 3 aromatic rings. The van der Waals surface area contributed by atoms with Crippen LogP contribution in [0.15, 0.2) is 72.8 Å². The normalized spacial score (nSPS) is 13.4. The molecule has 0 aliphatic heterocycles. The summed E-state index contributed by atoms with van der Waals surface area (Å²) in [5.74, 6) is -5.32. The molecule has 0 fully saturated rings. The molecule has 0 heterocycles. The molecule has 6 nitrogen and oxygen atoms in total. The predicted octanol–water partition coefficient (Wildman–Crippen LogP) is 5.54. The molecule has 3 N–H and O–H groups in total. The summed E-state index contributed by atoms with van der Waals surface area (Å²) >= 11 is 6.01. The predicted molar refractivity (Wildman–Crippen MR) is 135 cm³/mol. The fraction of sp³-hybridized carbons (Fsp3) is 0.250. The van der Waals surface area contributed by atoms with Crippen molar-refractivity contribution in [1.29, 1.82) is 0 Å². The summed E-state index contributed by atoms with van der Waals surface area (Å²) in [6.45, 7) is 1.76. The van der Waals surface area contributed by atoms with Gasteiger partial charge in [0, 0.05) is 29.0 Å². The first-order chi connectivity index (χ1) is 17.1. The van der Waals surface area contributed by atoms with Crippen molar-refractivity contribution in [3.05, 3.63) is 94.8 Å². The second kappa shape index (κ2) is 12.3. The lowest BCUT2D eigenvalue weighted by Gasteiger charge is -2.27. The van der Waals surface area contributed by atoms with Crippen LogP contribution < -0.4 is 5.32 Å². The zero-order valence-corrected chi connectivity index (χ0v) is 20.4. The van der Waals surface area contributed by atoms with Crippen molar-refractivity contribution in [1.82, 2.24) is 5.32 Å². The molecule has 0 aliphatic rings. The molecular formula is C28H27ClFNO5. The number of rotatable bonds is 11. The highest BCUT2D eigenvalue weighted by atomic mass is 35.5. The number of carbonyl (C=O) groups excluding carboxylic acids is 1. The Balaban J connectivity index is 1.86. The first kappa shape index (κ1) is 26.9. The standard InChI is InChI=1S/C28H27ClFNO5/c1-17(31-26(32)15-21(28(35)36)16-27(33)34)24(13-18-7-10-22(29)11-8-18)20-9-12-23(25(30)14-20)19-5-3-2-4-6-19/h2-12,14,17,21,24H,13,15-16H2,1H3,(H,31,32)(H,33,34)(H,35,36). The van der Waals surface area contributed by atoms with Gasteiger partial charge in [0.2, 0.25) is 5.91 Å². The fourth-order valence-electron chi connectivity index (χ4n) is 4.17. The van der Waals surface area contributed by atoms with Gasteiger partial charge in [-0.25, -0.2) is 4.39 Å². The molecular weight excluding hydrogens is 485 g/mol. The Morgan fingerprint density at radius 3 is 2.19 bits per heavy atom. The van der Waals surface area contributed by atoms with Crippen LogP contribution in [0.1, 0.15) is 36.8 Å². The van der Waals surface area contributed by atoms with E-state index in [1.165, 1.54) is 6.07 Å². The monoisotopic (exact) mass is 511 g/mol. The van der Waals surface area contributed by atoms with Crippen molar-refractivity contribution in [3.8, 4) is 11.1 Å². The van der Waals surface area contributed by atoms with Crippen LogP contribution in [0, 0.1) is 11.7 Å². The van der Waals surface area contributed by atoms with E-state index in [4.69, 9.17) is 16.7 Å². The highest BCUT2D eigenvalue weighted by molar-refractivity contribution is 6.30. The van der Waals surface area contributed by atoms with Crippen LogP contribution in [-0.4, -0.2) is 34.1 Å². The van der Waals surface area contributed by atoms with Gasteiger partial charge in [-0.2, -0.15) is 0 Å². The van der Waals surface area contributed by atoms with Gasteiger partial charge in [-0.05, 0) is 48.2 Å². The third-order valence-electron chi connectivity index (χ3n) is 6.07. The van der Waals surface area contributed by atoms with Gasteiger partial charge in [0.15, 0.2) is 0 Å². The molecule has 0 radical (unpaired) electrons. The number of carboxylic acid groups (broad SMARTS) is 2. The summed E-state index contributed by atoms with van der Waals surface area (Å²) in [4.78, 5) is 35.0. The van der Waals surface area contributed by atoms with E-state index in [2.05, 4.69) is 5.32 Å². The number of hydrogen-bond donors (Lipinski definition) is 3. The Morgan fingerprint density at radius 2 is 1.61 bits per heavy atom. The molecule has 3 atom stereocenters. The first-order valence-electron chi connectivity index (χ1n) is 11.5. The molecule has 8 heteroatoms. The van der Waals surface area contributed by atoms with E-state index in [1.54, 1.807) is 25.1 Å². The molecule has 36 heavy (non-hydrogen) atoms. The minimum atomic E-state index is -1.35. The Kier molecular flexibility index (Phi) is 9.19. The van der Waals surface area contributed by atoms with Gasteiger partial charge in [-0.15, -0.1) is 0 Å². The van der Waals surface area contributed by atoms with Crippen LogP contribution in [0.4, 0.5) is 4.39 Å². The maximum atomic E-state index is 15.2. The van der Waals surface area contributed by atoms with E-state index >= 15 is 4.39 Å². The minimum absolute atomic E-state index is 0.350. The minimum Gasteiger partial charge on any atom is -0.481 e. The molecule has 3 rings (SSSR count). The number of aliphatic carboxylic acids is 2. The molecule has 188 valence electrons. The summed E-state index contributed by atoms with van der Waals surface area (Å²) in [6.07, 6.45) is -0.668. The summed E-state index contributed by atoms with van der Waals surface area (Å²) in [7, 11) is 0. The summed E-state index contributed by atoms with van der Waals surface area (Å²) in [6, 6.07) is 20.8. The van der Waals surface area contributed by atoms with E-state index < -0.39 is 48.5 Å². The quantitative estimate of drug-likeness (QED) is 0.313. The lowest BCUT2D eigenvalue weighted by Crippen LogP contribution is -2.39. The van der Waals surface area contributed by atoms with Gasteiger partial charge in [0.05, 0.1) is 12.3 Å². The Morgan fingerprint density at radius 1 is 0.944 bits per heavy atom. The Labute approximate surface area is 213 Å². The van der Waals surface area contributed by atoms with Gasteiger partial charge in [0.25, 0.3) is 0 Å². The maximum Gasteiger partial charge on any atom is 0.307 e. The molecule has 0 saturated heterocycles. The van der Waals surface area contributed by atoms with Gasteiger partial charge < -0.3 is 15.5 Å². The average molecular weight is 512 g/mol. The van der Waals surface area contributed by atoms with Crippen LogP contribution in [0.3, 0.4) is 0 Å².